The number of hydrogen-bond donors (Lipinski definition) is 4. The van der Waals surface area contributed by atoms with E-state index >= 15 is 0 Å². The summed E-state index contributed by atoms with van der Waals surface area (Å²) in [5, 5.41) is 13.5. The Morgan fingerprint density at radius 2 is 1.88 bits per heavy atom. The molecule has 0 aliphatic rings. The van der Waals surface area contributed by atoms with Gasteiger partial charge in [-0.05, 0) is 19.8 Å². The fourth-order valence-electron chi connectivity index (χ4n) is 0.982. The van der Waals surface area contributed by atoms with E-state index in [1.165, 1.54) is 0 Å². The van der Waals surface area contributed by atoms with E-state index in [-0.39, 0.29) is 5.96 Å². The Balaban J connectivity index is 3.41. The molecule has 5 N–H and O–H groups in total. The van der Waals surface area contributed by atoms with E-state index in [2.05, 4.69) is 20.4 Å². The molecular formula is C9H18N4O4. The lowest BCUT2D eigenvalue weighted by atomic mass is 10.3. The average molecular weight is 246 g/mol. The van der Waals surface area contributed by atoms with Gasteiger partial charge in [0.25, 0.3) is 0 Å². The number of nitrogens with one attached hydrogen (secondary N) is 2. The van der Waals surface area contributed by atoms with Crippen molar-refractivity contribution in [3.05, 3.63) is 0 Å². The number of carbonyl (C=O) groups is 2. The van der Waals surface area contributed by atoms with E-state index in [0.717, 1.165) is 12.8 Å². The van der Waals surface area contributed by atoms with Crippen LogP contribution in [0, 0.1) is 0 Å². The van der Waals surface area contributed by atoms with Crippen molar-refractivity contribution >= 4 is 18.1 Å². The molecule has 8 heteroatoms. The Kier molecular flexibility index (Phi) is 8.17. The van der Waals surface area contributed by atoms with E-state index in [1.807, 2.05) is 0 Å². The second-order valence-electron chi connectivity index (χ2n) is 3.06. The fraction of sp³-hybridized carbons (Fsp3) is 0.667. The van der Waals surface area contributed by atoms with Crippen LogP contribution in [0.2, 0.25) is 0 Å². The average Bonchev–Trinajstić information content (AvgIpc) is 2.22. The molecular weight excluding hydrogens is 228 g/mol. The highest BCUT2D eigenvalue weighted by atomic mass is 16.5. The molecule has 0 rings (SSSR count). The van der Waals surface area contributed by atoms with Crippen LogP contribution in [-0.2, 0) is 4.74 Å². The number of rotatable bonds is 6. The van der Waals surface area contributed by atoms with Gasteiger partial charge in [-0.3, -0.25) is 0 Å². The lowest BCUT2D eigenvalue weighted by molar-refractivity contribution is 0.152. The van der Waals surface area contributed by atoms with Crippen molar-refractivity contribution in [3.63, 3.8) is 0 Å². The molecule has 0 radical (unpaired) electrons. The number of carboxylic acid groups (broad SMARTS) is 1. The standard InChI is InChI=1S/C9H18N4O4/c1-2-17-9(16)12-6-4-3-5-11-7(10)13-8(14)15/h2-6H2,1H3,(H,12,16)(H,14,15)(H3,10,11,13). The van der Waals surface area contributed by atoms with Gasteiger partial charge >= 0.3 is 12.2 Å². The van der Waals surface area contributed by atoms with Crippen LogP contribution in [-0.4, -0.2) is 42.9 Å². The molecule has 0 atom stereocenters. The van der Waals surface area contributed by atoms with Crippen molar-refractivity contribution in [2.45, 2.75) is 19.8 Å². The molecule has 0 unspecified atom stereocenters. The van der Waals surface area contributed by atoms with Gasteiger partial charge in [-0.25, -0.2) is 9.59 Å². The lowest BCUT2D eigenvalue weighted by Gasteiger charge is -2.06. The number of unbranched alkanes of at least 4 members (excludes halogenated alkanes) is 1. The SMILES string of the molecule is CCOC(=O)NCCCCNC(N)=NC(=O)O. The number of amides is 2. The first-order valence-corrected chi connectivity index (χ1v) is 5.27. The van der Waals surface area contributed by atoms with Gasteiger partial charge in [0.15, 0.2) is 5.96 Å². The summed E-state index contributed by atoms with van der Waals surface area (Å²) in [5.41, 5.74) is 5.25. The predicted octanol–water partition coefficient (Wildman–Crippen LogP) is 0.0950. The first-order valence-electron chi connectivity index (χ1n) is 5.27. The Bertz CT molecular complexity index is 280. The van der Waals surface area contributed by atoms with Gasteiger partial charge in [-0.1, -0.05) is 0 Å². The Labute approximate surface area is 99.2 Å². The highest BCUT2D eigenvalue weighted by Gasteiger charge is 1.98. The molecule has 0 saturated heterocycles. The van der Waals surface area contributed by atoms with Gasteiger partial charge in [0.1, 0.15) is 0 Å². The molecule has 0 aromatic rings. The summed E-state index contributed by atoms with van der Waals surface area (Å²) in [5.74, 6) is -0.129. The summed E-state index contributed by atoms with van der Waals surface area (Å²) < 4.78 is 4.66. The Morgan fingerprint density at radius 3 is 2.41 bits per heavy atom. The normalized spacial score (nSPS) is 10.8. The molecule has 2 amide bonds. The zero-order chi connectivity index (χ0) is 13.1. The number of ether oxygens (including phenoxy) is 1. The number of guanidine groups is 1. The highest BCUT2D eigenvalue weighted by Crippen LogP contribution is 1.85. The molecule has 0 aliphatic carbocycles. The molecule has 8 nitrogen and oxygen atoms in total. The van der Waals surface area contributed by atoms with Crippen LogP contribution in [0.1, 0.15) is 19.8 Å². The van der Waals surface area contributed by atoms with Gasteiger partial charge in [0, 0.05) is 13.1 Å². The quantitative estimate of drug-likeness (QED) is 0.299. The van der Waals surface area contributed by atoms with Crippen molar-refractivity contribution in [1.29, 1.82) is 0 Å². The van der Waals surface area contributed by atoms with Crippen LogP contribution in [0.4, 0.5) is 9.59 Å². The Morgan fingerprint density at radius 1 is 1.29 bits per heavy atom. The second-order valence-corrected chi connectivity index (χ2v) is 3.06. The van der Waals surface area contributed by atoms with Gasteiger partial charge in [0.2, 0.25) is 0 Å². The number of nitrogens with zero attached hydrogens (tertiary/aromatic N) is 1. The van der Waals surface area contributed by atoms with Gasteiger partial charge in [0.05, 0.1) is 6.61 Å². The highest BCUT2D eigenvalue weighted by molar-refractivity contribution is 5.88. The van der Waals surface area contributed by atoms with Crippen molar-refractivity contribution in [2.75, 3.05) is 19.7 Å². The summed E-state index contributed by atoms with van der Waals surface area (Å²) in [6.07, 6.45) is -0.319. The largest absolute Gasteiger partial charge is 0.463 e. The minimum atomic E-state index is -1.33. The molecule has 0 aromatic heterocycles. The van der Waals surface area contributed by atoms with E-state index in [9.17, 15) is 9.59 Å². The summed E-state index contributed by atoms with van der Waals surface area (Å²) in [4.78, 5) is 24.0. The second kappa shape index (κ2) is 9.25. The first-order chi connectivity index (χ1) is 8.06. The number of alkyl carbamates (subject to hydrolysis) is 1. The van der Waals surface area contributed by atoms with E-state index in [1.54, 1.807) is 6.92 Å². The number of carbonyl (C=O) groups excluding carboxylic acids is 1. The van der Waals surface area contributed by atoms with Crippen LogP contribution in [0.5, 0.6) is 0 Å². The maximum Gasteiger partial charge on any atom is 0.434 e. The van der Waals surface area contributed by atoms with Crippen molar-refractivity contribution in [1.82, 2.24) is 10.6 Å². The first kappa shape index (κ1) is 15.0. The monoisotopic (exact) mass is 246 g/mol. The van der Waals surface area contributed by atoms with Crippen molar-refractivity contribution < 1.29 is 19.4 Å². The van der Waals surface area contributed by atoms with Crippen LogP contribution in [0.25, 0.3) is 0 Å². The van der Waals surface area contributed by atoms with Crippen molar-refractivity contribution in [3.8, 4) is 0 Å². The van der Waals surface area contributed by atoms with Crippen LogP contribution < -0.4 is 16.4 Å². The maximum atomic E-state index is 10.9. The molecule has 0 aromatic carbocycles. The predicted molar refractivity (Wildman–Crippen MR) is 61.9 cm³/mol. The van der Waals surface area contributed by atoms with Crippen molar-refractivity contribution in [2.24, 2.45) is 10.7 Å². The van der Waals surface area contributed by atoms with E-state index in [4.69, 9.17) is 10.8 Å². The minimum Gasteiger partial charge on any atom is -0.463 e. The van der Waals surface area contributed by atoms with E-state index < -0.39 is 12.2 Å². The lowest BCUT2D eigenvalue weighted by Crippen LogP contribution is -2.33. The molecule has 0 fully saturated rings. The zero-order valence-electron chi connectivity index (χ0n) is 9.73. The molecule has 0 saturated carbocycles. The smallest absolute Gasteiger partial charge is 0.434 e. The van der Waals surface area contributed by atoms with Gasteiger partial charge in [-0.2, -0.15) is 0 Å². The minimum absolute atomic E-state index is 0.129. The number of nitrogens with two attached hydrogens (primary N) is 1. The van der Waals surface area contributed by atoms with Crippen LogP contribution in [0.15, 0.2) is 4.99 Å². The topological polar surface area (TPSA) is 126 Å². The molecule has 17 heavy (non-hydrogen) atoms. The van der Waals surface area contributed by atoms with Gasteiger partial charge in [-0.15, -0.1) is 4.99 Å². The summed E-state index contributed by atoms with van der Waals surface area (Å²) in [6, 6.07) is 0. The molecule has 98 valence electrons. The molecule has 0 heterocycles. The zero-order valence-corrected chi connectivity index (χ0v) is 9.73. The third kappa shape index (κ3) is 10.3. The molecule has 0 aliphatic heterocycles. The molecule has 0 bridgehead atoms. The Hall–Kier alpha value is -1.99. The maximum absolute atomic E-state index is 10.9. The van der Waals surface area contributed by atoms with Gasteiger partial charge < -0.3 is 26.2 Å². The number of hydrogen-bond acceptors (Lipinski definition) is 3. The summed E-state index contributed by atoms with van der Waals surface area (Å²) >= 11 is 0. The van der Waals surface area contributed by atoms with Crippen LogP contribution in [0.3, 0.4) is 0 Å². The fourth-order valence-corrected chi connectivity index (χ4v) is 0.982. The third-order valence-corrected chi connectivity index (χ3v) is 1.67. The summed E-state index contributed by atoms with van der Waals surface area (Å²) in [7, 11) is 0. The molecule has 0 spiro atoms. The number of aliphatic imine (C=N–C) groups is 1. The van der Waals surface area contributed by atoms with Crippen LogP contribution >= 0.6 is 0 Å². The summed E-state index contributed by atoms with van der Waals surface area (Å²) in [6.45, 7) is 3.06. The third-order valence-electron chi connectivity index (χ3n) is 1.67. The van der Waals surface area contributed by atoms with E-state index in [0.29, 0.717) is 19.7 Å².